The first-order chi connectivity index (χ1) is 9.22. The van der Waals surface area contributed by atoms with Crippen LogP contribution < -0.4 is 14.9 Å². The molecule has 0 aliphatic rings. The second-order valence-corrected chi connectivity index (χ2v) is 3.98. The van der Waals surface area contributed by atoms with E-state index in [0.717, 1.165) is 18.4 Å². The average molecular weight is 264 g/mol. The Hall–Kier alpha value is -2.04. The molecular formula is C14H20N2O3. The molecule has 0 radical (unpaired) electrons. The van der Waals surface area contributed by atoms with E-state index in [1.54, 1.807) is 26.5 Å². The molecule has 0 atom stereocenters. The highest BCUT2D eigenvalue weighted by molar-refractivity contribution is 5.86. The molecular weight excluding hydrogens is 244 g/mol. The predicted molar refractivity (Wildman–Crippen MR) is 74.8 cm³/mol. The van der Waals surface area contributed by atoms with Crippen LogP contribution in [0.4, 0.5) is 0 Å². The third-order valence-corrected chi connectivity index (χ3v) is 2.58. The normalized spacial score (nSPS) is 10.5. The van der Waals surface area contributed by atoms with Gasteiger partial charge in [-0.25, -0.2) is 5.43 Å². The highest BCUT2D eigenvalue weighted by Crippen LogP contribution is 2.29. The van der Waals surface area contributed by atoms with Crippen LogP contribution in [0.15, 0.2) is 23.3 Å². The quantitative estimate of drug-likeness (QED) is 0.607. The topological polar surface area (TPSA) is 59.9 Å². The molecule has 0 unspecified atom stereocenters. The van der Waals surface area contributed by atoms with Crippen LogP contribution in [-0.4, -0.2) is 26.3 Å². The highest BCUT2D eigenvalue weighted by Gasteiger charge is 2.07. The van der Waals surface area contributed by atoms with Crippen molar-refractivity contribution < 1.29 is 14.3 Å². The van der Waals surface area contributed by atoms with Gasteiger partial charge in [-0.05, 0) is 18.6 Å². The average Bonchev–Trinajstić information content (AvgIpc) is 2.44. The fraction of sp³-hybridized carbons (Fsp3) is 0.429. The number of methoxy groups -OCH3 is 2. The number of hydrogen-bond donors (Lipinski definition) is 1. The summed E-state index contributed by atoms with van der Waals surface area (Å²) in [7, 11) is 3.14. The minimum absolute atomic E-state index is 0.0834. The number of ether oxygens (including phenoxy) is 2. The first kappa shape index (κ1) is 15.0. The summed E-state index contributed by atoms with van der Waals surface area (Å²) in [4.78, 5) is 11.4. The zero-order valence-electron chi connectivity index (χ0n) is 11.6. The Labute approximate surface area is 113 Å². The van der Waals surface area contributed by atoms with Gasteiger partial charge in [0.05, 0.1) is 20.4 Å². The Morgan fingerprint density at radius 3 is 2.79 bits per heavy atom. The van der Waals surface area contributed by atoms with Crippen LogP contribution in [0.1, 0.15) is 31.7 Å². The maximum absolute atomic E-state index is 11.4. The molecule has 104 valence electrons. The van der Waals surface area contributed by atoms with Gasteiger partial charge >= 0.3 is 0 Å². The lowest BCUT2D eigenvalue weighted by atomic mass is 10.2. The minimum Gasteiger partial charge on any atom is -0.493 e. The number of unbranched alkanes of at least 4 members (excludes halogenated alkanes) is 1. The van der Waals surface area contributed by atoms with Crippen LogP contribution in [0.3, 0.4) is 0 Å². The summed E-state index contributed by atoms with van der Waals surface area (Å²) in [5, 5.41) is 3.92. The van der Waals surface area contributed by atoms with Gasteiger partial charge in [0.15, 0.2) is 11.5 Å². The molecule has 0 saturated heterocycles. The van der Waals surface area contributed by atoms with E-state index < -0.39 is 0 Å². The van der Waals surface area contributed by atoms with Crippen LogP contribution in [0.25, 0.3) is 0 Å². The lowest BCUT2D eigenvalue weighted by Crippen LogP contribution is -2.16. The number of nitrogens with zero attached hydrogens (tertiary/aromatic N) is 1. The van der Waals surface area contributed by atoms with Crippen molar-refractivity contribution in [3.63, 3.8) is 0 Å². The second kappa shape index (κ2) is 8.13. The number of para-hydroxylation sites is 1. The van der Waals surface area contributed by atoms with Crippen molar-refractivity contribution in [3.05, 3.63) is 23.8 Å². The van der Waals surface area contributed by atoms with Crippen molar-refractivity contribution >= 4 is 12.1 Å². The third-order valence-electron chi connectivity index (χ3n) is 2.58. The van der Waals surface area contributed by atoms with E-state index in [1.165, 1.54) is 0 Å². The van der Waals surface area contributed by atoms with Gasteiger partial charge in [0.25, 0.3) is 0 Å². The number of rotatable bonds is 7. The Kier molecular flexibility index (Phi) is 6.43. The molecule has 0 heterocycles. The Balaban J connectivity index is 2.68. The summed E-state index contributed by atoms with van der Waals surface area (Å²) in [5.41, 5.74) is 3.24. The van der Waals surface area contributed by atoms with Gasteiger partial charge in [-0.2, -0.15) is 5.10 Å². The smallest absolute Gasteiger partial charge is 0.240 e. The fourth-order valence-corrected chi connectivity index (χ4v) is 1.58. The molecule has 0 aliphatic heterocycles. The Morgan fingerprint density at radius 2 is 2.16 bits per heavy atom. The van der Waals surface area contributed by atoms with Gasteiger partial charge in [-0.1, -0.05) is 19.4 Å². The Bertz CT molecular complexity index is 444. The van der Waals surface area contributed by atoms with Crippen molar-refractivity contribution in [2.45, 2.75) is 26.2 Å². The van der Waals surface area contributed by atoms with Crippen molar-refractivity contribution in [1.82, 2.24) is 5.43 Å². The summed E-state index contributed by atoms with van der Waals surface area (Å²) < 4.78 is 10.4. The molecule has 5 nitrogen and oxygen atoms in total. The van der Waals surface area contributed by atoms with E-state index in [0.29, 0.717) is 17.9 Å². The summed E-state index contributed by atoms with van der Waals surface area (Å²) in [6.07, 6.45) is 3.89. The van der Waals surface area contributed by atoms with E-state index in [9.17, 15) is 4.79 Å². The van der Waals surface area contributed by atoms with E-state index in [4.69, 9.17) is 9.47 Å². The molecule has 0 aliphatic carbocycles. The van der Waals surface area contributed by atoms with E-state index in [2.05, 4.69) is 10.5 Å². The molecule has 0 aromatic heterocycles. The van der Waals surface area contributed by atoms with Gasteiger partial charge in [0.2, 0.25) is 5.91 Å². The summed E-state index contributed by atoms with van der Waals surface area (Å²) in [5.74, 6) is 1.14. The number of carbonyl (C=O) groups excluding carboxylic acids is 1. The first-order valence-corrected chi connectivity index (χ1v) is 6.25. The minimum atomic E-state index is -0.0834. The molecule has 1 aromatic rings. The SMILES string of the molecule is CCCCC(=O)NN=Cc1cccc(OC)c1OC. The summed E-state index contributed by atoms with van der Waals surface area (Å²) in [6, 6.07) is 5.47. The number of hydrogen-bond acceptors (Lipinski definition) is 4. The van der Waals surface area contributed by atoms with Gasteiger partial charge in [0.1, 0.15) is 0 Å². The molecule has 5 heteroatoms. The molecule has 0 spiro atoms. The van der Waals surface area contributed by atoms with Crippen LogP contribution in [0.2, 0.25) is 0 Å². The number of nitrogens with one attached hydrogen (secondary N) is 1. The predicted octanol–water partition coefficient (Wildman–Crippen LogP) is 2.34. The number of hydrazone groups is 1. The van der Waals surface area contributed by atoms with E-state index in [-0.39, 0.29) is 5.91 Å². The molecule has 0 saturated carbocycles. The maximum Gasteiger partial charge on any atom is 0.240 e. The Morgan fingerprint density at radius 1 is 1.37 bits per heavy atom. The zero-order valence-corrected chi connectivity index (χ0v) is 11.6. The monoisotopic (exact) mass is 264 g/mol. The van der Waals surface area contributed by atoms with Crippen LogP contribution in [-0.2, 0) is 4.79 Å². The molecule has 1 aromatic carbocycles. The molecule has 1 N–H and O–H groups in total. The van der Waals surface area contributed by atoms with Crippen molar-refractivity contribution in [2.24, 2.45) is 5.10 Å². The maximum atomic E-state index is 11.4. The second-order valence-electron chi connectivity index (χ2n) is 3.98. The first-order valence-electron chi connectivity index (χ1n) is 6.25. The fourth-order valence-electron chi connectivity index (χ4n) is 1.58. The number of amides is 1. The number of carbonyl (C=O) groups is 1. The molecule has 0 bridgehead atoms. The van der Waals surface area contributed by atoms with Crippen LogP contribution >= 0.6 is 0 Å². The summed E-state index contributed by atoms with van der Waals surface area (Å²) >= 11 is 0. The lowest BCUT2D eigenvalue weighted by molar-refractivity contribution is -0.121. The zero-order chi connectivity index (χ0) is 14.1. The van der Waals surface area contributed by atoms with Gasteiger partial charge in [-0.15, -0.1) is 0 Å². The van der Waals surface area contributed by atoms with Gasteiger partial charge in [0, 0.05) is 12.0 Å². The molecule has 1 amide bonds. The van der Waals surface area contributed by atoms with Crippen LogP contribution in [0.5, 0.6) is 11.5 Å². The van der Waals surface area contributed by atoms with Crippen LogP contribution in [0, 0.1) is 0 Å². The highest BCUT2D eigenvalue weighted by atomic mass is 16.5. The lowest BCUT2D eigenvalue weighted by Gasteiger charge is -2.09. The molecule has 19 heavy (non-hydrogen) atoms. The summed E-state index contributed by atoms with van der Waals surface area (Å²) in [6.45, 7) is 2.04. The molecule has 0 fully saturated rings. The molecule has 1 rings (SSSR count). The van der Waals surface area contributed by atoms with E-state index in [1.807, 2.05) is 19.1 Å². The van der Waals surface area contributed by atoms with Gasteiger partial charge < -0.3 is 9.47 Å². The van der Waals surface area contributed by atoms with Crippen molar-refractivity contribution in [2.75, 3.05) is 14.2 Å². The largest absolute Gasteiger partial charge is 0.493 e. The number of benzene rings is 1. The van der Waals surface area contributed by atoms with E-state index >= 15 is 0 Å². The standard InChI is InChI=1S/C14H20N2O3/c1-4-5-9-13(17)16-15-10-11-7-6-8-12(18-2)14(11)19-3/h6-8,10H,4-5,9H2,1-3H3,(H,16,17). The van der Waals surface area contributed by atoms with Crippen molar-refractivity contribution in [3.8, 4) is 11.5 Å². The third kappa shape index (κ3) is 4.62. The van der Waals surface area contributed by atoms with Crippen molar-refractivity contribution in [1.29, 1.82) is 0 Å². The van der Waals surface area contributed by atoms with Gasteiger partial charge in [-0.3, -0.25) is 4.79 Å².